The summed E-state index contributed by atoms with van der Waals surface area (Å²) in [4.78, 5) is 12.6. The van der Waals surface area contributed by atoms with Crippen molar-refractivity contribution in [2.75, 3.05) is 0 Å². The molecule has 0 unspecified atom stereocenters. The predicted molar refractivity (Wildman–Crippen MR) is 290 cm³/mol. The summed E-state index contributed by atoms with van der Waals surface area (Å²) in [5.74, 6) is 0.652. The molecular formula is C62H36N4S2. The van der Waals surface area contributed by atoms with Gasteiger partial charge in [0.05, 0.1) is 33.3 Å². The Morgan fingerprint density at radius 2 is 1.07 bits per heavy atom. The van der Waals surface area contributed by atoms with Gasteiger partial charge in [-0.15, -0.1) is 22.7 Å². The van der Waals surface area contributed by atoms with Crippen molar-refractivity contribution >= 4 is 118 Å². The molecule has 0 N–H and O–H groups in total. The van der Waals surface area contributed by atoms with Crippen LogP contribution >= 0.6 is 22.7 Å². The fourth-order valence-electron chi connectivity index (χ4n) is 10.9. The number of hydrogen-bond acceptors (Lipinski definition) is 4. The van der Waals surface area contributed by atoms with E-state index in [-0.39, 0.29) is 0 Å². The average Bonchev–Trinajstić information content (AvgIpc) is 4.18. The number of aromatic nitrogens is 4. The van der Waals surface area contributed by atoms with E-state index < -0.39 is 0 Å². The molecule has 10 aromatic carbocycles. The molecule has 316 valence electrons. The summed E-state index contributed by atoms with van der Waals surface area (Å²) in [5, 5.41) is 11.9. The maximum absolute atomic E-state index is 5.77. The Morgan fingerprint density at radius 1 is 0.368 bits per heavy atom. The highest BCUT2D eigenvalue weighted by Gasteiger charge is 2.23. The van der Waals surface area contributed by atoms with Gasteiger partial charge in [0.2, 0.25) is 5.95 Å². The summed E-state index contributed by atoms with van der Waals surface area (Å²) in [6.45, 7) is 0. The molecule has 5 aromatic heterocycles. The second kappa shape index (κ2) is 14.5. The van der Waals surface area contributed by atoms with Crippen molar-refractivity contribution < 1.29 is 0 Å². The van der Waals surface area contributed by atoms with Crippen LogP contribution in [-0.4, -0.2) is 19.1 Å². The highest BCUT2D eigenvalue weighted by atomic mass is 32.1. The van der Waals surface area contributed by atoms with E-state index in [1.165, 1.54) is 73.5 Å². The van der Waals surface area contributed by atoms with Gasteiger partial charge in [0.15, 0.2) is 0 Å². The van der Waals surface area contributed by atoms with Gasteiger partial charge in [0.25, 0.3) is 0 Å². The van der Waals surface area contributed by atoms with E-state index in [0.717, 1.165) is 60.6 Å². The standard InChI is InChI=1S/C62H36N4S2/c1-3-15-38(16-4-1)56-36-41-27-31-50-58(61(41)68-56)59(40-29-33-55-49(35-40)45-20-10-12-25-54(45)67-55)64-62(63-50)66-52-32-28-39(34-48(52)46-30-26-37-14-7-8-19-44(37)60(46)66)43-22-13-24-53-57(43)47-21-9-11-23-51(47)65(53)42-17-5-2-6-18-42/h1-36H. The normalized spacial score (nSPS) is 12.1. The minimum Gasteiger partial charge on any atom is -0.309 e. The predicted octanol–water partition coefficient (Wildman–Crippen LogP) is 17.6. The Hall–Kier alpha value is -8.42. The summed E-state index contributed by atoms with van der Waals surface area (Å²) in [7, 11) is 0. The molecule has 15 rings (SSSR count). The molecule has 0 aliphatic carbocycles. The van der Waals surface area contributed by atoms with E-state index in [0.29, 0.717) is 5.95 Å². The topological polar surface area (TPSA) is 35.6 Å². The van der Waals surface area contributed by atoms with Gasteiger partial charge in [0.1, 0.15) is 0 Å². The third-order valence-electron chi connectivity index (χ3n) is 13.9. The first-order chi connectivity index (χ1) is 33.7. The quantitative estimate of drug-likeness (QED) is 0.173. The average molecular weight is 901 g/mol. The van der Waals surface area contributed by atoms with E-state index in [1.54, 1.807) is 0 Å². The minimum absolute atomic E-state index is 0.652. The van der Waals surface area contributed by atoms with Gasteiger partial charge in [-0.3, -0.25) is 4.57 Å². The van der Waals surface area contributed by atoms with Crippen molar-refractivity contribution in [3.05, 3.63) is 218 Å². The van der Waals surface area contributed by atoms with Crippen molar-refractivity contribution in [3.8, 4) is 44.5 Å². The summed E-state index contributed by atoms with van der Waals surface area (Å²) in [5.41, 5.74) is 12.2. The molecule has 0 amide bonds. The lowest BCUT2D eigenvalue weighted by molar-refractivity contribution is 1.02. The summed E-state index contributed by atoms with van der Waals surface area (Å²) in [6.07, 6.45) is 0. The Bertz CT molecular complexity index is 4560. The van der Waals surface area contributed by atoms with Gasteiger partial charge in [0, 0.05) is 73.3 Å². The molecule has 0 radical (unpaired) electrons. The third-order valence-corrected chi connectivity index (χ3v) is 16.3. The van der Waals surface area contributed by atoms with Gasteiger partial charge in [-0.2, -0.15) is 0 Å². The van der Waals surface area contributed by atoms with E-state index in [9.17, 15) is 0 Å². The molecule has 0 bridgehead atoms. The number of nitrogens with zero attached hydrogens (tertiary/aromatic N) is 4. The van der Waals surface area contributed by atoms with Crippen LogP contribution in [0.3, 0.4) is 0 Å². The lowest BCUT2D eigenvalue weighted by Gasteiger charge is -2.14. The fourth-order valence-corrected chi connectivity index (χ4v) is 13.2. The summed E-state index contributed by atoms with van der Waals surface area (Å²) in [6, 6.07) is 79.5. The van der Waals surface area contributed by atoms with E-state index in [4.69, 9.17) is 9.97 Å². The fraction of sp³-hybridized carbons (Fsp3) is 0. The van der Waals surface area contributed by atoms with Gasteiger partial charge in [-0.1, -0.05) is 152 Å². The number of benzene rings is 10. The second-order valence-electron chi connectivity index (χ2n) is 17.7. The van der Waals surface area contributed by atoms with Crippen LogP contribution in [0.1, 0.15) is 0 Å². The number of thiophene rings is 2. The molecule has 5 heterocycles. The molecule has 0 aliphatic heterocycles. The number of para-hydroxylation sites is 2. The van der Waals surface area contributed by atoms with Crippen molar-refractivity contribution in [2.45, 2.75) is 0 Å². The minimum atomic E-state index is 0.652. The van der Waals surface area contributed by atoms with Crippen molar-refractivity contribution in [1.29, 1.82) is 0 Å². The molecule has 6 heteroatoms. The molecule has 0 atom stereocenters. The summed E-state index contributed by atoms with van der Waals surface area (Å²) < 4.78 is 8.47. The summed E-state index contributed by atoms with van der Waals surface area (Å²) >= 11 is 3.66. The van der Waals surface area contributed by atoms with Gasteiger partial charge < -0.3 is 4.57 Å². The van der Waals surface area contributed by atoms with Crippen LogP contribution in [0.15, 0.2) is 218 Å². The molecule has 0 saturated carbocycles. The van der Waals surface area contributed by atoms with Crippen LogP contribution in [0, 0.1) is 0 Å². The molecular weight excluding hydrogens is 865 g/mol. The van der Waals surface area contributed by atoms with E-state index in [2.05, 4.69) is 228 Å². The van der Waals surface area contributed by atoms with Gasteiger partial charge >= 0.3 is 0 Å². The van der Waals surface area contributed by atoms with E-state index >= 15 is 0 Å². The van der Waals surface area contributed by atoms with Crippen LogP contribution in [0.2, 0.25) is 0 Å². The highest BCUT2D eigenvalue weighted by Crippen LogP contribution is 2.46. The Labute approximate surface area is 397 Å². The zero-order valence-electron chi connectivity index (χ0n) is 36.4. The maximum atomic E-state index is 5.77. The third kappa shape index (κ3) is 5.53. The lowest BCUT2D eigenvalue weighted by atomic mass is 9.97. The largest absolute Gasteiger partial charge is 0.309 e. The number of fused-ring (bicyclic) bond motifs is 14. The van der Waals surface area contributed by atoms with Crippen LogP contribution in [0.25, 0.3) is 140 Å². The van der Waals surface area contributed by atoms with Crippen LogP contribution in [0.4, 0.5) is 0 Å². The first-order valence-electron chi connectivity index (χ1n) is 23.0. The van der Waals surface area contributed by atoms with Crippen LogP contribution in [-0.2, 0) is 0 Å². The smallest absolute Gasteiger partial charge is 0.235 e. The Morgan fingerprint density at radius 3 is 1.97 bits per heavy atom. The first-order valence-corrected chi connectivity index (χ1v) is 24.6. The molecule has 15 aromatic rings. The van der Waals surface area contributed by atoms with Crippen molar-refractivity contribution in [2.24, 2.45) is 0 Å². The second-order valence-corrected chi connectivity index (χ2v) is 19.8. The molecule has 0 fully saturated rings. The molecule has 68 heavy (non-hydrogen) atoms. The lowest BCUT2D eigenvalue weighted by Crippen LogP contribution is -2.04. The van der Waals surface area contributed by atoms with Gasteiger partial charge in [-0.25, -0.2) is 9.97 Å². The SMILES string of the molecule is c1ccc(-c2cc3ccc4nc(-n5c6ccc(-c7cccc8c7c7ccccc7n8-c7ccccc7)cc6c6ccc7ccccc7c65)nc(-c5ccc6sc7ccccc7c6c5)c4c3s2)cc1. The monoisotopic (exact) mass is 900 g/mol. The Kier molecular flexibility index (Phi) is 8.07. The van der Waals surface area contributed by atoms with E-state index in [1.807, 2.05) is 22.7 Å². The maximum Gasteiger partial charge on any atom is 0.235 e. The molecule has 0 saturated heterocycles. The number of rotatable bonds is 5. The first kappa shape index (κ1) is 37.8. The zero-order chi connectivity index (χ0) is 44.5. The van der Waals surface area contributed by atoms with Crippen LogP contribution in [0.5, 0.6) is 0 Å². The molecule has 0 aliphatic rings. The van der Waals surface area contributed by atoms with Crippen molar-refractivity contribution in [1.82, 2.24) is 19.1 Å². The number of hydrogen-bond donors (Lipinski definition) is 0. The molecule has 0 spiro atoms. The zero-order valence-corrected chi connectivity index (χ0v) is 38.0. The Balaban J connectivity index is 1.02. The highest BCUT2D eigenvalue weighted by molar-refractivity contribution is 7.25. The van der Waals surface area contributed by atoms with Crippen molar-refractivity contribution in [3.63, 3.8) is 0 Å². The van der Waals surface area contributed by atoms with Gasteiger partial charge in [-0.05, 0) is 94.2 Å². The molecule has 4 nitrogen and oxygen atoms in total. The van der Waals surface area contributed by atoms with Crippen LogP contribution < -0.4 is 0 Å².